The van der Waals surface area contributed by atoms with Gasteiger partial charge in [0.2, 0.25) is 0 Å². The van der Waals surface area contributed by atoms with Crippen LogP contribution >= 0.6 is 0 Å². The first-order valence-electron chi connectivity index (χ1n) is 11.4. The lowest BCUT2D eigenvalue weighted by molar-refractivity contribution is -0.139. The minimum absolute atomic E-state index is 0.0657. The van der Waals surface area contributed by atoms with Crippen LogP contribution in [0.3, 0.4) is 0 Å². The van der Waals surface area contributed by atoms with Gasteiger partial charge >= 0.3 is 12.1 Å². The van der Waals surface area contributed by atoms with Crippen LogP contribution in [0.5, 0.6) is 5.75 Å². The number of carbonyl (C=O) groups excluding carboxylic acids is 4. The second-order valence-corrected chi connectivity index (χ2v) is 8.00. The molecular formula is C27H25NO7. The molecule has 0 spiro atoms. The molecule has 2 amide bonds. The van der Waals surface area contributed by atoms with Crippen LogP contribution in [0.1, 0.15) is 52.1 Å². The zero-order valence-electron chi connectivity index (χ0n) is 19.8. The summed E-state index contributed by atoms with van der Waals surface area (Å²) in [4.78, 5) is 52.0. The molecule has 1 aromatic carbocycles. The molecule has 0 fully saturated rings. The lowest BCUT2D eigenvalue weighted by Gasteiger charge is -2.17. The van der Waals surface area contributed by atoms with E-state index in [9.17, 15) is 19.2 Å². The van der Waals surface area contributed by atoms with E-state index in [1.54, 1.807) is 55.5 Å². The van der Waals surface area contributed by atoms with Gasteiger partial charge in [0.05, 0.1) is 37.0 Å². The first-order valence-corrected chi connectivity index (χ1v) is 11.4. The zero-order chi connectivity index (χ0) is 25.1. The number of hydrogen-bond acceptors (Lipinski definition) is 7. The molecule has 0 radical (unpaired) electrons. The molecule has 0 atom stereocenters. The number of rotatable bonds is 7. The van der Waals surface area contributed by atoms with Crippen LogP contribution < -0.4 is 9.64 Å². The molecule has 8 nitrogen and oxygen atoms in total. The molecule has 4 rings (SSSR count). The highest BCUT2D eigenvalue weighted by Gasteiger charge is 2.42. The summed E-state index contributed by atoms with van der Waals surface area (Å²) < 4.78 is 15.4. The van der Waals surface area contributed by atoms with Crippen LogP contribution in [0.2, 0.25) is 0 Å². The molecule has 1 heterocycles. The number of imide groups is 1. The van der Waals surface area contributed by atoms with E-state index < -0.39 is 18.0 Å². The second kappa shape index (κ2) is 9.97. The lowest BCUT2D eigenvalue weighted by Crippen LogP contribution is -2.30. The first-order chi connectivity index (χ1) is 16.9. The van der Waals surface area contributed by atoms with Crippen molar-refractivity contribution in [2.45, 2.75) is 33.1 Å². The van der Waals surface area contributed by atoms with Gasteiger partial charge in [-0.3, -0.25) is 14.4 Å². The summed E-state index contributed by atoms with van der Waals surface area (Å²) in [7, 11) is 1.32. The average molecular weight is 475 g/mol. The number of fused-ring (bicyclic) bond motifs is 2. The third-order valence-corrected chi connectivity index (χ3v) is 5.83. The van der Waals surface area contributed by atoms with Gasteiger partial charge in [0.1, 0.15) is 0 Å². The first kappa shape index (κ1) is 23.9. The van der Waals surface area contributed by atoms with Crippen molar-refractivity contribution >= 4 is 29.6 Å². The van der Waals surface area contributed by atoms with Crippen LogP contribution in [0, 0.1) is 0 Å². The van der Waals surface area contributed by atoms with Gasteiger partial charge in [-0.15, -0.1) is 0 Å². The molecule has 1 aromatic rings. The van der Waals surface area contributed by atoms with E-state index in [1.165, 1.54) is 7.11 Å². The predicted octanol–water partition coefficient (Wildman–Crippen LogP) is 4.80. The van der Waals surface area contributed by atoms with Gasteiger partial charge in [-0.25, -0.2) is 9.69 Å². The van der Waals surface area contributed by atoms with Crippen molar-refractivity contribution in [3.63, 3.8) is 0 Å². The Morgan fingerprint density at radius 1 is 0.857 bits per heavy atom. The molecule has 0 bridgehead atoms. The van der Waals surface area contributed by atoms with Gasteiger partial charge in [-0.2, -0.15) is 0 Å². The van der Waals surface area contributed by atoms with Crippen molar-refractivity contribution in [2.24, 2.45) is 0 Å². The molecule has 3 aliphatic rings. The molecule has 0 saturated heterocycles. The van der Waals surface area contributed by atoms with Crippen molar-refractivity contribution < 1.29 is 33.4 Å². The molecule has 35 heavy (non-hydrogen) atoms. The smallest absolute Gasteiger partial charge is 0.469 e. The summed E-state index contributed by atoms with van der Waals surface area (Å²) in [5.41, 5.74) is 3.42. The van der Waals surface area contributed by atoms with Crippen LogP contribution in [0.25, 0.3) is 11.1 Å². The Balaban J connectivity index is 1.95. The van der Waals surface area contributed by atoms with E-state index in [0.717, 1.165) is 4.90 Å². The zero-order valence-corrected chi connectivity index (χ0v) is 19.8. The molecule has 2 aliphatic carbocycles. The number of hydrogen-bond donors (Lipinski definition) is 0. The third-order valence-electron chi connectivity index (χ3n) is 5.83. The standard InChI is InChI=1S/C27H25NO7/c1-4-8-18-17-13-11-16(15-22(29)33-3)12-14-19(17)24(35-27(32)34-5-2)23(18)28-25(30)20-9-6-7-10-21(20)26(28)31/h6-7,9-14H,4-5,8,15H2,1-3H3. The number of benzene rings is 1. The lowest BCUT2D eigenvalue weighted by atomic mass is 10.1. The Morgan fingerprint density at radius 2 is 1.49 bits per heavy atom. The summed E-state index contributed by atoms with van der Waals surface area (Å²) in [6.07, 6.45) is 0.348. The summed E-state index contributed by atoms with van der Waals surface area (Å²) in [6, 6.07) is 13.6. The summed E-state index contributed by atoms with van der Waals surface area (Å²) in [5.74, 6) is -1.29. The SMILES string of the molecule is CCCc1c2ccc(CC(=O)OC)ccc-2c(OC(=O)OCC)c1N1C(=O)c2ccccc2C1=O. The van der Waals surface area contributed by atoms with Gasteiger partial charge in [-0.05, 0) is 42.2 Å². The van der Waals surface area contributed by atoms with Gasteiger partial charge in [0, 0.05) is 5.56 Å². The van der Waals surface area contributed by atoms with Crippen LogP contribution in [0.15, 0.2) is 48.5 Å². The number of esters is 1. The summed E-state index contributed by atoms with van der Waals surface area (Å²) in [6.45, 7) is 3.72. The monoisotopic (exact) mass is 475 g/mol. The van der Waals surface area contributed by atoms with Crippen molar-refractivity contribution in [1.82, 2.24) is 0 Å². The molecule has 1 aliphatic heterocycles. The number of anilines is 1. The number of carbonyl (C=O) groups is 4. The summed E-state index contributed by atoms with van der Waals surface area (Å²) >= 11 is 0. The molecule has 0 aromatic heterocycles. The van der Waals surface area contributed by atoms with Crippen LogP contribution in [-0.4, -0.2) is 37.7 Å². The topological polar surface area (TPSA) is 99.2 Å². The Hall–Kier alpha value is -4.20. The summed E-state index contributed by atoms with van der Waals surface area (Å²) in [5, 5.41) is 0. The molecule has 0 N–H and O–H groups in total. The maximum absolute atomic E-state index is 13.4. The van der Waals surface area contributed by atoms with Gasteiger partial charge < -0.3 is 14.2 Å². The Morgan fingerprint density at radius 3 is 2.06 bits per heavy atom. The second-order valence-electron chi connectivity index (χ2n) is 8.00. The Kier molecular flexibility index (Phi) is 6.82. The molecule has 0 unspecified atom stereocenters. The van der Waals surface area contributed by atoms with Gasteiger partial charge in [-0.1, -0.05) is 49.7 Å². The van der Waals surface area contributed by atoms with E-state index in [1.807, 2.05) is 6.92 Å². The van der Waals surface area contributed by atoms with E-state index >= 15 is 0 Å². The number of methoxy groups -OCH3 is 1. The molecular weight excluding hydrogens is 450 g/mol. The molecule has 180 valence electrons. The van der Waals surface area contributed by atoms with E-state index in [0.29, 0.717) is 46.2 Å². The fourth-order valence-corrected chi connectivity index (χ4v) is 4.29. The van der Waals surface area contributed by atoms with Crippen molar-refractivity contribution in [1.29, 1.82) is 0 Å². The molecule has 0 saturated carbocycles. The number of ether oxygens (including phenoxy) is 3. The number of amides is 2. The highest BCUT2D eigenvalue weighted by Crippen LogP contribution is 2.50. The van der Waals surface area contributed by atoms with Crippen LogP contribution in [0.4, 0.5) is 10.5 Å². The maximum Gasteiger partial charge on any atom is 0.513 e. The predicted molar refractivity (Wildman–Crippen MR) is 128 cm³/mol. The average Bonchev–Trinajstić information content (AvgIpc) is 3.14. The van der Waals surface area contributed by atoms with Gasteiger partial charge in [0.15, 0.2) is 5.75 Å². The fourth-order valence-electron chi connectivity index (χ4n) is 4.29. The van der Waals surface area contributed by atoms with E-state index in [4.69, 9.17) is 14.2 Å². The van der Waals surface area contributed by atoms with E-state index in [2.05, 4.69) is 0 Å². The maximum atomic E-state index is 13.4. The Labute approximate surface area is 202 Å². The van der Waals surface area contributed by atoms with Crippen molar-refractivity contribution in [3.8, 4) is 16.9 Å². The quantitative estimate of drug-likeness (QED) is 0.358. The highest BCUT2D eigenvalue weighted by molar-refractivity contribution is 6.35. The van der Waals surface area contributed by atoms with Gasteiger partial charge in [0.25, 0.3) is 11.8 Å². The highest BCUT2D eigenvalue weighted by atomic mass is 16.7. The minimum Gasteiger partial charge on any atom is -0.469 e. The van der Waals surface area contributed by atoms with E-state index in [-0.39, 0.29) is 30.4 Å². The van der Waals surface area contributed by atoms with Crippen LogP contribution in [-0.2, 0) is 27.1 Å². The Bertz CT molecular complexity index is 1260. The minimum atomic E-state index is -0.943. The molecule has 8 heteroatoms. The van der Waals surface area contributed by atoms with Crippen molar-refractivity contribution in [2.75, 3.05) is 18.6 Å². The third kappa shape index (κ3) is 4.35. The normalized spacial score (nSPS) is 12.6. The van der Waals surface area contributed by atoms with Crippen molar-refractivity contribution in [3.05, 3.63) is 70.8 Å². The largest absolute Gasteiger partial charge is 0.513 e. The fraction of sp³-hybridized carbons (Fsp3) is 0.259. The number of nitrogens with zero attached hydrogens (tertiary/aromatic N) is 1.